The van der Waals surface area contributed by atoms with Gasteiger partial charge in [-0.1, -0.05) is 31.0 Å². The molecule has 0 aromatic heterocycles. The third kappa shape index (κ3) is 3.78. The second-order valence-corrected chi connectivity index (χ2v) is 9.82. The van der Waals surface area contributed by atoms with Crippen molar-refractivity contribution in [3.8, 4) is 0 Å². The van der Waals surface area contributed by atoms with Gasteiger partial charge in [0, 0.05) is 25.7 Å². The van der Waals surface area contributed by atoms with Gasteiger partial charge in [-0.15, -0.1) is 0 Å². The average molecular weight is 445 g/mol. The van der Waals surface area contributed by atoms with Gasteiger partial charge in [0.15, 0.2) is 17.9 Å². The minimum Gasteiger partial charge on any atom is -0.459 e. The van der Waals surface area contributed by atoms with E-state index in [0.717, 1.165) is 51.4 Å². The van der Waals surface area contributed by atoms with E-state index in [4.69, 9.17) is 28.4 Å². The van der Waals surface area contributed by atoms with Gasteiger partial charge in [-0.2, -0.15) is 0 Å². The van der Waals surface area contributed by atoms with Crippen molar-refractivity contribution in [1.82, 2.24) is 0 Å². The van der Waals surface area contributed by atoms with Crippen molar-refractivity contribution in [3.05, 3.63) is 35.9 Å². The molecular weight excluding hydrogens is 412 g/mol. The van der Waals surface area contributed by atoms with E-state index in [9.17, 15) is 4.79 Å². The number of ether oxygens (including phenoxy) is 6. The molecule has 3 aliphatic heterocycles. The molecule has 2 spiro atoms. The second-order valence-electron chi connectivity index (χ2n) is 9.82. The minimum absolute atomic E-state index is 0.0912. The quantitative estimate of drug-likeness (QED) is 0.650. The first-order valence-electron chi connectivity index (χ1n) is 12.2. The van der Waals surface area contributed by atoms with E-state index in [0.29, 0.717) is 5.56 Å². The molecule has 5 fully saturated rings. The van der Waals surface area contributed by atoms with Crippen LogP contribution < -0.4 is 0 Å². The molecule has 174 valence electrons. The summed E-state index contributed by atoms with van der Waals surface area (Å²) < 4.78 is 38.1. The molecule has 6 rings (SSSR count). The van der Waals surface area contributed by atoms with Crippen LogP contribution in [0.4, 0.5) is 0 Å². The van der Waals surface area contributed by atoms with Crippen LogP contribution in [0.3, 0.4) is 0 Å². The Labute approximate surface area is 188 Å². The first-order valence-corrected chi connectivity index (χ1v) is 12.2. The Morgan fingerprint density at radius 1 is 0.781 bits per heavy atom. The van der Waals surface area contributed by atoms with Crippen molar-refractivity contribution in [3.63, 3.8) is 0 Å². The van der Waals surface area contributed by atoms with E-state index in [2.05, 4.69) is 0 Å². The normalized spacial score (nSPS) is 37.2. The summed E-state index contributed by atoms with van der Waals surface area (Å²) in [6.45, 7) is 0.0912. The molecule has 0 unspecified atom stereocenters. The molecule has 5 atom stereocenters. The number of benzene rings is 1. The van der Waals surface area contributed by atoms with Gasteiger partial charge in [0.2, 0.25) is 0 Å². The second kappa shape index (κ2) is 8.37. The minimum atomic E-state index is -0.584. The van der Waals surface area contributed by atoms with Crippen molar-refractivity contribution in [2.75, 3.05) is 6.61 Å². The Morgan fingerprint density at radius 2 is 1.38 bits per heavy atom. The highest BCUT2D eigenvalue weighted by molar-refractivity contribution is 5.89. The Kier molecular flexibility index (Phi) is 5.50. The van der Waals surface area contributed by atoms with E-state index in [1.165, 1.54) is 12.8 Å². The Morgan fingerprint density at radius 3 is 2.06 bits per heavy atom. The van der Waals surface area contributed by atoms with Crippen LogP contribution in [0.5, 0.6) is 0 Å². The van der Waals surface area contributed by atoms with Gasteiger partial charge in [-0.25, -0.2) is 4.79 Å². The van der Waals surface area contributed by atoms with E-state index in [1.54, 1.807) is 12.1 Å². The van der Waals surface area contributed by atoms with Crippen molar-refractivity contribution in [1.29, 1.82) is 0 Å². The van der Waals surface area contributed by atoms with Gasteiger partial charge in [0.1, 0.15) is 31.0 Å². The number of fused-ring (bicyclic) bond motifs is 3. The highest BCUT2D eigenvalue weighted by Gasteiger charge is 2.64. The SMILES string of the molecule is O=C(OC[C@@H]1O[C@@H]2OC3(CCCCC3)O[C@@H]2[C@H]2OC3(CCCCC3)O[C@H]21)c1ccccc1. The topological polar surface area (TPSA) is 72.5 Å². The molecule has 0 amide bonds. The van der Waals surface area contributed by atoms with Crippen LogP contribution in [-0.4, -0.2) is 54.9 Å². The molecule has 0 bridgehead atoms. The zero-order valence-electron chi connectivity index (χ0n) is 18.4. The highest BCUT2D eigenvalue weighted by atomic mass is 16.9. The summed E-state index contributed by atoms with van der Waals surface area (Å²) in [6, 6.07) is 9.01. The summed E-state index contributed by atoms with van der Waals surface area (Å²) in [7, 11) is 0. The van der Waals surface area contributed by atoms with Gasteiger partial charge in [-0.3, -0.25) is 0 Å². The fourth-order valence-electron chi connectivity index (χ4n) is 5.99. The molecule has 3 saturated heterocycles. The zero-order chi connectivity index (χ0) is 21.6. The van der Waals surface area contributed by atoms with Crippen LogP contribution in [0.2, 0.25) is 0 Å². The van der Waals surface area contributed by atoms with Crippen molar-refractivity contribution >= 4 is 5.97 Å². The summed E-state index contributed by atoms with van der Waals surface area (Å²) >= 11 is 0. The van der Waals surface area contributed by atoms with E-state index < -0.39 is 24.0 Å². The number of hydrogen-bond acceptors (Lipinski definition) is 7. The molecular formula is C25H32O7. The van der Waals surface area contributed by atoms with E-state index in [-0.39, 0.29) is 30.9 Å². The summed E-state index contributed by atoms with van der Waals surface area (Å²) in [5.41, 5.74) is 0.520. The molecule has 7 nitrogen and oxygen atoms in total. The average Bonchev–Trinajstić information content (AvgIpc) is 3.37. The molecule has 2 aliphatic carbocycles. The summed E-state index contributed by atoms with van der Waals surface area (Å²) in [6.07, 6.45) is 8.32. The third-order valence-corrected chi connectivity index (χ3v) is 7.59. The lowest BCUT2D eigenvalue weighted by molar-refractivity contribution is -0.254. The lowest BCUT2D eigenvalue weighted by Gasteiger charge is -2.36. The third-order valence-electron chi connectivity index (χ3n) is 7.59. The molecule has 7 heteroatoms. The Hall–Kier alpha value is -1.51. The summed E-state index contributed by atoms with van der Waals surface area (Å²) in [5, 5.41) is 0. The molecule has 5 aliphatic rings. The maximum Gasteiger partial charge on any atom is 0.338 e. The zero-order valence-corrected chi connectivity index (χ0v) is 18.4. The maximum atomic E-state index is 12.5. The lowest BCUT2D eigenvalue weighted by atomic mass is 9.94. The standard InChI is InChI=1S/C25H32O7/c26-22(17-10-4-1-5-11-17)27-16-18-19-20(30-24(29-19)12-6-2-7-13-24)21-23(28-18)32-25(31-21)14-8-3-9-15-25/h1,4-5,10-11,18-21,23H,2-3,6-9,12-16H2/t18-,19-,20-,21+,23+/m0/s1. The van der Waals surface area contributed by atoms with Crippen LogP contribution in [-0.2, 0) is 28.4 Å². The fraction of sp³-hybridized carbons (Fsp3) is 0.720. The highest BCUT2D eigenvalue weighted by Crippen LogP contribution is 2.50. The predicted octanol–water partition coefficient (Wildman–Crippen LogP) is 4.09. The smallest absolute Gasteiger partial charge is 0.338 e. The van der Waals surface area contributed by atoms with Gasteiger partial charge in [0.25, 0.3) is 0 Å². The monoisotopic (exact) mass is 444 g/mol. The first kappa shape index (κ1) is 21.1. The van der Waals surface area contributed by atoms with E-state index >= 15 is 0 Å². The summed E-state index contributed by atoms with van der Waals surface area (Å²) in [4.78, 5) is 12.5. The number of carbonyl (C=O) groups excluding carboxylic acids is 1. The summed E-state index contributed by atoms with van der Waals surface area (Å²) in [5.74, 6) is -1.54. The van der Waals surface area contributed by atoms with Crippen molar-refractivity contribution < 1.29 is 33.2 Å². The number of rotatable bonds is 3. The maximum absolute atomic E-state index is 12.5. The number of esters is 1. The fourth-order valence-corrected chi connectivity index (χ4v) is 5.99. The molecule has 32 heavy (non-hydrogen) atoms. The van der Waals surface area contributed by atoms with Gasteiger partial charge in [-0.05, 0) is 37.8 Å². The van der Waals surface area contributed by atoms with Crippen LogP contribution in [0.25, 0.3) is 0 Å². The number of hydrogen-bond donors (Lipinski definition) is 0. The Balaban J connectivity index is 1.21. The largest absolute Gasteiger partial charge is 0.459 e. The molecule has 3 heterocycles. The van der Waals surface area contributed by atoms with Gasteiger partial charge in [0.05, 0.1) is 5.56 Å². The van der Waals surface area contributed by atoms with Crippen molar-refractivity contribution in [2.45, 2.75) is 106 Å². The predicted molar refractivity (Wildman–Crippen MR) is 113 cm³/mol. The first-order chi connectivity index (χ1) is 15.7. The van der Waals surface area contributed by atoms with Crippen molar-refractivity contribution in [2.24, 2.45) is 0 Å². The Bertz CT molecular complexity index is 815. The van der Waals surface area contributed by atoms with Crippen LogP contribution in [0.15, 0.2) is 30.3 Å². The number of carbonyl (C=O) groups is 1. The molecule has 1 aromatic carbocycles. The van der Waals surface area contributed by atoms with Crippen LogP contribution >= 0.6 is 0 Å². The van der Waals surface area contributed by atoms with E-state index in [1.807, 2.05) is 18.2 Å². The molecule has 0 radical (unpaired) electrons. The van der Waals surface area contributed by atoms with Gasteiger partial charge >= 0.3 is 5.97 Å². The molecule has 2 saturated carbocycles. The van der Waals surface area contributed by atoms with Crippen LogP contribution in [0, 0.1) is 0 Å². The van der Waals surface area contributed by atoms with Gasteiger partial charge < -0.3 is 28.4 Å². The molecule has 1 aromatic rings. The molecule has 0 N–H and O–H groups in total. The lowest BCUT2D eigenvalue weighted by Crippen LogP contribution is -2.56. The van der Waals surface area contributed by atoms with Crippen LogP contribution in [0.1, 0.15) is 74.6 Å².